The first-order valence-corrected chi connectivity index (χ1v) is 6.82. The van der Waals surface area contributed by atoms with Crippen LogP contribution in [0, 0.1) is 6.92 Å². The van der Waals surface area contributed by atoms with Crippen LogP contribution in [0.5, 0.6) is 0 Å². The molecule has 0 saturated heterocycles. The lowest BCUT2D eigenvalue weighted by molar-refractivity contribution is 0.908. The summed E-state index contributed by atoms with van der Waals surface area (Å²) in [6.45, 7) is 2.09. The monoisotopic (exact) mass is 280 g/mol. The minimum atomic E-state index is 0.210. The van der Waals surface area contributed by atoms with E-state index in [0.717, 1.165) is 5.75 Å². The predicted octanol–water partition coefficient (Wildman–Crippen LogP) is 3.17. The average molecular weight is 281 g/mol. The highest BCUT2D eigenvalue weighted by atomic mass is 35.5. The van der Waals surface area contributed by atoms with E-state index in [1.54, 1.807) is 18.8 Å². The van der Waals surface area contributed by atoms with Crippen molar-refractivity contribution >= 4 is 29.3 Å². The van der Waals surface area contributed by atoms with Crippen LogP contribution >= 0.6 is 23.4 Å². The fraction of sp³-hybridized carbons (Fsp3) is 0.250. The van der Waals surface area contributed by atoms with Crippen molar-refractivity contribution in [1.29, 1.82) is 0 Å². The van der Waals surface area contributed by atoms with Crippen molar-refractivity contribution in [1.82, 2.24) is 15.0 Å². The number of benzene rings is 1. The summed E-state index contributed by atoms with van der Waals surface area (Å²) in [5, 5.41) is 3.70. The van der Waals surface area contributed by atoms with Crippen molar-refractivity contribution in [3.63, 3.8) is 0 Å². The standard InChI is InChI=1S/C12H13ClN4S/c1-8-5-3-4-6-9(8)7-18-12-16-10(13)15-11(14-2)17-12/h3-6H,7H2,1-2H3,(H,14,15,16,17). The molecule has 0 bridgehead atoms. The number of aryl methyl sites for hydroxylation is 1. The van der Waals surface area contributed by atoms with Gasteiger partial charge in [-0.25, -0.2) is 0 Å². The number of thioether (sulfide) groups is 1. The maximum Gasteiger partial charge on any atom is 0.228 e. The van der Waals surface area contributed by atoms with Gasteiger partial charge in [-0.3, -0.25) is 0 Å². The lowest BCUT2D eigenvalue weighted by Gasteiger charge is -2.05. The lowest BCUT2D eigenvalue weighted by atomic mass is 10.1. The van der Waals surface area contributed by atoms with Crippen molar-refractivity contribution in [2.75, 3.05) is 12.4 Å². The van der Waals surface area contributed by atoms with Crippen molar-refractivity contribution < 1.29 is 0 Å². The topological polar surface area (TPSA) is 50.7 Å². The second-order valence-electron chi connectivity index (χ2n) is 3.68. The minimum absolute atomic E-state index is 0.210. The largest absolute Gasteiger partial charge is 0.357 e. The third kappa shape index (κ3) is 3.34. The van der Waals surface area contributed by atoms with E-state index in [1.807, 2.05) is 12.1 Å². The Balaban J connectivity index is 2.11. The van der Waals surface area contributed by atoms with Gasteiger partial charge in [-0.15, -0.1) is 0 Å². The Kier molecular flexibility index (Phi) is 4.38. The molecule has 94 valence electrons. The fourth-order valence-corrected chi connectivity index (χ4v) is 2.54. The van der Waals surface area contributed by atoms with Crippen LogP contribution in [-0.4, -0.2) is 22.0 Å². The Morgan fingerprint density at radius 2 is 2.00 bits per heavy atom. The van der Waals surface area contributed by atoms with Crippen LogP contribution in [0.25, 0.3) is 0 Å². The van der Waals surface area contributed by atoms with E-state index in [-0.39, 0.29) is 5.28 Å². The van der Waals surface area contributed by atoms with Crippen LogP contribution in [0.1, 0.15) is 11.1 Å². The van der Waals surface area contributed by atoms with E-state index in [1.165, 1.54) is 11.1 Å². The van der Waals surface area contributed by atoms with Crippen LogP contribution in [-0.2, 0) is 5.75 Å². The molecule has 0 spiro atoms. The maximum absolute atomic E-state index is 5.83. The molecule has 0 saturated carbocycles. The second-order valence-corrected chi connectivity index (χ2v) is 4.96. The second kappa shape index (κ2) is 6.02. The molecule has 18 heavy (non-hydrogen) atoms. The van der Waals surface area contributed by atoms with Crippen LogP contribution in [0.2, 0.25) is 5.28 Å². The molecule has 2 aromatic rings. The van der Waals surface area contributed by atoms with Gasteiger partial charge < -0.3 is 5.32 Å². The van der Waals surface area contributed by atoms with Gasteiger partial charge in [0, 0.05) is 12.8 Å². The molecular formula is C12H13ClN4S. The molecule has 0 amide bonds. The molecule has 0 fully saturated rings. The number of hydrogen-bond donors (Lipinski definition) is 1. The normalized spacial score (nSPS) is 10.4. The molecule has 0 aliphatic rings. The third-order valence-corrected chi connectivity index (χ3v) is 3.49. The smallest absolute Gasteiger partial charge is 0.228 e. The van der Waals surface area contributed by atoms with E-state index in [9.17, 15) is 0 Å². The van der Waals surface area contributed by atoms with Gasteiger partial charge in [0.2, 0.25) is 11.2 Å². The third-order valence-electron chi connectivity index (χ3n) is 2.43. The summed E-state index contributed by atoms with van der Waals surface area (Å²) in [6.07, 6.45) is 0. The Bertz CT molecular complexity index is 547. The average Bonchev–Trinajstić information content (AvgIpc) is 2.37. The molecule has 1 aromatic heterocycles. The van der Waals surface area contributed by atoms with Crippen molar-refractivity contribution in [3.05, 3.63) is 40.7 Å². The van der Waals surface area contributed by atoms with Crippen LogP contribution in [0.3, 0.4) is 0 Å². The summed E-state index contributed by atoms with van der Waals surface area (Å²) in [5.41, 5.74) is 2.53. The SMILES string of the molecule is CNc1nc(Cl)nc(SCc2ccccc2C)n1. The molecule has 6 heteroatoms. The van der Waals surface area contributed by atoms with Crippen LogP contribution in [0.15, 0.2) is 29.4 Å². The highest BCUT2D eigenvalue weighted by Crippen LogP contribution is 2.22. The molecule has 0 aliphatic heterocycles. The first-order chi connectivity index (χ1) is 8.69. The predicted molar refractivity (Wildman–Crippen MR) is 75.1 cm³/mol. The number of hydrogen-bond acceptors (Lipinski definition) is 5. The molecule has 4 nitrogen and oxygen atoms in total. The Hall–Kier alpha value is -1.33. The van der Waals surface area contributed by atoms with E-state index in [0.29, 0.717) is 11.1 Å². The molecule has 0 radical (unpaired) electrons. The first kappa shape index (κ1) is 13.1. The summed E-state index contributed by atoms with van der Waals surface area (Å²) < 4.78 is 0. The zero-order valence-corrected chi connectivity index (χ0v) is 11.7. The zero-order chi connectivity index (χ0) is 13.0. The first-order valence-electron chi connectivity index (χ1n) is 5.45. The molecule has 1 aromatic carbocycles. The molecule has 0 unspecified atom stereocenters. The van der Waals surface area contributed by atoms with Gasteiger partial charge in [0.25, 0.3) is 0 Å². The Morgan fingerprint density at radius 3 is 2.72 bits per heavy atom. The maximum atomic E-state index is 5.83. The number of aromatic nitrogens is 3. The van der Waals surface area contributed by atoms with Gasteiger partial charge in [0.1, 0.15) is 0 Å². The van der Waals surface area contributed by atoms with Gasteiger partial charge in [-0.05, 0) is 29.7 Å². The highest BCUT2D eigenvalue weighted by Gasteiger charge is 2.05. The highest BCUT2D eigenvalue weighted by molar-refractivity contribution is 7.98. The number of halogens is 1. The van der Waals surface area contributed by atoms with E-state index in [2.05, 4.69) is 39.3 Å². The summed E-state index contributed by atoms with van der Waals surface area (Å²) in [5.74, 6) is 1.30. The molecule has 0 aliphatic carbocycles. The molecular weight excluding hydrogens is 268 g/mol. The van der Waals surface area contributed by atoms with Crippen molar-refractivity contribution in [2.24, 2.45) is 0 Å². The molecule has 2 rings (SSSR count). The summed E-state index contributed by atoms with van der Waals surface area (Å²) in [4.78, 5) is 12.3. The van der Waals surface area contributed by atoms with Crippen molar-refractivity contribution in [2.45, 2.75) is 17.8 Å². The number of nitrogens with zero attached hydrogens (tertiary/aromatic N) is 3. The van der Waals surface area contributed by atoms with Crippen molar-refractivity contribution in [3.8, 4) is 0 Å². The molecule has 0 atom stereocenters. The fourth-order valence-electron chi connectivity index (χ4n) is 1.42. The van der Waals surface area contributed by atoms with Crippen LogP contribution < -0.4 is 5.32 Å². The number of anilines is 1. The Morgan fingerprint density at radius 1 is 1.22 bits per heavy atom. The summed E-state index contributed by atoms with van der Waals surface area (Å²) >= 11 is 7.37. The molecule has 1 N–H and O–H groups in total. The summed E-state index contributed by atoms with van der Waals surface area (Å²) in [6, 6.07) is 8.25. The van der Waals surface area contributed by atoms with Gasteiger partial charge >= 0.3 is 0 Å². The minimum Gasteiger partial charge on any atom is -0.357 e. The van der Waals surface area contributed by atoms with E-state index in [4.69, 9.17) is 11.6 Å². The van der Waals surface area contributed by atoms with Gasteiger partial charge in [-0.2, -0.15) is 15.0 Å². The van der Waals surface area contributed by atoms with E-state index < -0.39 is 0 Å². The summed E-state index contributed by atoms with van der Waals surface area (Å²) in [7, 11) is 1.75. The zero-order valence-electron chi connectivity index (χ0n) is 10.1. The van der Waals surface area contributed by atoms with Gasteiger partial charge in [-0.1, -0.05) is 36.0 Å². The Labute approximate surface area is 115 Å². The molecule has 1 heterocycles. The number of nitrogens with one attached hydrogen (secondary N) is 1. The van der Waals surface area contributed by atoms with E-state index >= 15 is 0 Å². The quantitative estimate of drug-likeness (QED) is 0.872. The number of rotatable bonds is 4. The lowest BCUT2D eigenvalue weighted by Crippen LogP contribution is -2.00. The van der Waals surface area contributed by atoms with Gasteiger partial charge in [0.15, 0.2) is 5.16 Å². The van der Waals surface area contributed by atoms with Gasteiger partial charge in [0.05, 0.1) is 0 Å². The van der Waals surface area contributed by atoms with Crippen LogP contribution in [0.4, 0.5) is 5.95 Å².